The lowest BCUT2D eigenvalue weighted by molar-refractivity contribution is -0.136. The molecule has 0 radical (unpaired) electrons. The molecule has 0 aromatic heterocycles. The molecule has 2 unspecified atom stereocenters. The van der Waals surface area contributed by atoms with Gasteiger partial charge in [0, 0.05) is 31.1 Å². The van der Waals surface area contributed by atoms with E-state index in [0.29, 0.717) is 11.5 Å². The molecule has 3 amide bonds. The van der Waals surface area contributed by atoms with Crippen molar-refractivity contribution < 1.29 is 14.4 Å². The molecule has 3 heterocycles. The highest BCUT2D eigenvalue weighted by atomic mass is 16.2. The average molecular weight is 381 g/mol. The van der Waals surface area contributed by atoms with Crippen LogP contribution in [-0.2, 0) is 4.79 Å². The third-order valence-electron chi connectivity index (χ3n) is 5.35. The summed E-state index contributed by atoms with van der Waals surface area (Å²) in [5, 5.41) is 0. The topological polar surface area (TPSA) is 76.5 Å². The molecule has 0 aliphatic carbocycles. The largest absolute Gasteiger partial charge is 0.328 e. The van der Waals surface area contributed by atoms with Crippen molar-refractivity contribution in [2.24, 2.45) is 4.99 Å². The predicted molar refractivity (Wildman–Crippen MR) is 103 cm³/mol. The molecule has 1 saturated heterocycles. The Morgan fingerprint density at radius 3 is 2.54 bits per heavy atom. The van der Waals surface area contributed by atoms with Crippen LogP contribution in [0.1, 0.15) is 30.6 Å². The van der Waals surface area contributed by atoms with Crippen LogP contribution in [0.25, 0.3) is 0 Å². The minimum Gasteiger partial charge on any atom is -0.315 e. The Labute approximate surface area is 163 Å². The Kier molecular flexibility index (Phi) is 4.41. The first-order valence-corrected chi connectivity index (χ1v) is 9.42. The maximum absolute atomic E-state index is 13.2. The number of fused-ring (bicyclic) bond motifs is 3. The van der Waals surface area contributed by atoms with Crippen molar-refractivity contribution >= 4 is 23.7 Å². The van der Waals surface area contributed by atoms with Crippen LogP contribution in [0.5, 0.6) is 0 Å². The molecule has 0 spiro atoms. The fraction of sp³-hybridized carbons (Fsp3) is 0.400. The van der Waals surface area contributed by atoms with Gasteiger partial charge in [-0.05, 0) is 13.3 Å². The number of benzene rings is 1. The van der Waals surface area contributed by atoms with E-state index in [1.54, 1.807) is 31.3 Å². The monoisotopic (exact) mass is 381 g/mol. The van der Waals surface area contributed by atoms with E-state index >= 15 is 0 Å². The predicted octanol–water partition coefficient (Wildman–Crippen LogP) is 1.72. The number of carbonyl (C=O) groups is 3. The number of likely N-dealkylation sites (N-methyl/N-ethyl adjacent to an activating group) is 1. The number of rotatable bonds is 5. The summed E-state index contributed by atoms with van der Waals surface area (Å²) in [5.41, 5.74) is 1.49. The Bertz CT molecular complexity index is 894. The number of Topliss-reactive ketones (excluding diaryl/α,β-unsaturated/α-hetero) is 1. The van der Waals surface area contributed by atoms with Crippen LogP contribution < -0.4 is 0 Å². The van der Waals surface area contributed by atoms with Gasteiger partial charge in [-0.2, -0.15) is 0 Å². The van der Waals surface area contributed by atoms with E-state index < -0.39 is 24.1 Å². The summed E-state index contributed by atoms with van der Waals surface area (Å²) in [5.74, 6) is 0.0335. The molecule has 1 fully saturated rings. The summed E-state index contributed by atoms with van der Waals surface area (Å²) >= 11 is 0. The van der Waals surface area contributed by atoms with Crippen LogP contribution in [0.2, 0.25) is 0 Å². The van der Waals surface area contributed by atoms with Gasteiger partial charge >= 0.3 is 6.03 Å². The molecule has 2 atom stereocenters. The van der Waals surface area contributed by atoms with Gasteiger partial charge in [0.15, 0.2) is 18.0 Å². The highest BCUT2D eigenvalue weighted by molar-refractivity contribution is 6.09. The fourth-order valence-electron chi connectivity index (χ4n) is 3.91. The lowest BCUT2D eigenvalue weighted by Gasteiger charge is -2.39. The number of hydrogen-bond donors (Lipinski definition) is 0. The molecule has 0 bridgehead atoms. The molecular weight excluding hydrogens is 358 g/mol. The second-order valence-corrected chi connectivity index (χ2v) is 7.22. The highest BCUT2D eigenvalue weighted by Crippen LogP contribution is 2.34. The van der Waals surface area contributed by atoms with E-state index in [4.69, 9.17) is 0 Å². The molecule has 28 heavy (non-hydrogen) atoms. The van der Waals surface area contributed by atoms with Crippen LogP contribution in [0.4, 0.5) is 4.79 Å². The van der Waals surface area contributed by atoms with Crippen LogP contribution in [0.3, 0.4) is 0 Å². The first-order valence-electron chi connectivity index (χ1n) is 9.42. The van der Waals surface area contributed by atoms with Gasteiger partial charge in [-0.3, -0.25) is 14.5 Å². The summed E-state index contributed by atoms with van der Waals surface area (Å²) in [6.07, 6.45) is 2.26. The van der Waals surface area contributed by atoms with E-state index in [-0.39, 0.29) is 12.3 Å². The van der Waals surface area contributed by atoms with Crippen molar-refractivity contribution in [3.8, 4) is 0 Å². The number of urea groups is 1. The average Bonchev–Trinajstić information content (AvgIpc) is 3.20. The van der Waals surface area contributed by atoms with E-state index in [1.165, 1.54) is 4.90 Å². The minimum atomic E-state index is -0.641. The molecular formula is C20H23N5O3. The second-order valence-electron chi connectivity index (χ2n) is 7.22. The van der Waals surface area contributed by atoms with E-state index in [0.717, 1.165) is 23.6 Å². The number of carbonyl (C=O) groups excluding carboxylic acids is 3. The smallest absolute Gasteiger partial charge is 0.315 e. The highest BCUT2D eigenvalue weighted by Gasteiger charge is 2.54. The summed E-state index contributed by atoms with van der Waals surface area (Å²) in [7, 11) is 1.62. The van der Waals surface area contributed by atoms with Crippen LogP contribution in [-0.4, -0.2) is 75.6 Å². The van der Waals surface area contributed by atoms with Gasteiger partial charge in [-0.15, -0.1) is 0 Å². The molecule has 146 valence electrons. The lowest BCUT2D eigenvalue weighted by atomic mass is 10.1. The molecule has 3 aliphatic rings. The van der Waals surface area contributed by atoms with Gasteiger partial charge in [-0.25, -0.2) is 9.79 Å². The van der Waals surface area contributed by atoms with Gasteiger partial charge in [0.2, 0.25) is 5.96 Å². The van der Waals surface area contributed by atoms with Gasteiger partial charge < -0.3 is 14.7 Å². The fourth-order valence-corrected chi connectivity index (χ4v) is 3.91. The zero-order valence-electron chi connectivity index (χ0n) is 16.2. The van der Waals surface area contributed by atoms with E-state index in [9.17, 15) is 14.4 Å². The number of ketones is 1. The summed E-state index contributed by atoms with van der Waals surface area (Å²) in [6, 6.07) is 7.55. The summed E-state index contributed by atoms with van der Waals surface area (Å²) < 4.78 is 0. The van der Waals surface area contributed by atoms with Gasteiger partial charge in [0.1, 0.15) is 0 Å². The first kappa shape index (κ1) is 18.2. The molecule has 8 nitrogen and oxygen atoms in total. The van der Waals surface area contributed by atoms with Crippen LogP contribution in [0.15, 0.2) is 47.2 Å². The van der Waals surface area contributed by atoms with Gasteiger partial charge in [-0.1, -0.05) is 37.3 Å². The van der Waals surface area contributed by atoms with Gasteiger partial charge in [0.05, 0.1) is 6.54 Å². The van der Waals surface area contributed by atoms with Crippen molar-refractivity contribution in [3.05, 3.63) is 47.8 Å². The van der Waals surface area contributed by atoms with Crippen molar-refractivity contribution in [1.82, 2.24) is 19.6 Å². The summed E-state index contributed by atoms with van der Waals surface area (Å²) in [6.45, 7) is 4.57. The first-order chi connectivity index (χ1) is 13.4. The van der Waals surface area contributed by atoms with Crippen molar-refractivity contribution in [1.29, 1.82) is 0 Å². The lowest BCUT2D eigenvalue weighted by Crippen LogP contribution is -2.64. The minimum absolute atomic E-state index is 0.269. The number of aliphatic imine (C=N–C) groups is 1. The number of amides is 3. The zero-order valence-corrected chi connectivity index (χ0v) is 16.2. The molecule has 4 rings (SSSR count). The summed E-state index contributed by atoms with van der Waals surface area (Å²) in [4.78, 5) is 49.6. The zero-order chi connectivity index (χ0) is 20.0. The normalized spacial score (nSPS) is 23.7. The van der Waals surface area contributed by atoms with Crippen LogP contribution in [0, 0.1) is 0 Å². The SMILES string of the molecule is CCCN1C(C)=CN2C1=NC1C2C(=O)N(CC(=O)c2ccccc2)C(=O)N1C. The number of guanidine groups is 1. The van der Waals surface area contributed by atoms with Crippen molar-refractivity contribution in [2.75, 3.05) is 20.1 Å². The van der Waals surface area contributed by atoms with Crippen molar-refractivity contribution in [2.45, 2.75) is 32.5 Å². The molecule has 8 heteroatoms. The quantitative estimate of drug-likeness (QED) is 0.726. The van der Waals surface area contributed by atoms with Crippen LogP contribution >= 0.6 is 0 Å². The Morgan fingerprint density at radius 2 is 1.86 bits per heavy atom. The Balaban J connectivity index is 1.60. The third kappa shape index (κ3) is 2.67. The van der Waals surface area contributed by atoms with Gasteiger partial charge in [0.25, 0.3) is 5.91 Å². The maximum atomic E-state index is 13.2. The molecule has 0 N–H and O–H groups in total. The number of imide groups is 1. The molecule has 3 aliphatic heterocycles. The number of allylic oxidation sites excluding steroid dienone is 1. The van der Waals surface area contributed by atoms with E-state index in [2.05, 4.69) is 16.8 Å². The molecule has 1 aromatic rings. The van der Waals surface area contributed by atoms with Crippen molar-refractivity contribution in [3.63, 3.8) is 0 Å². The number of nitrogens with zero attached hydrogens (tertiary/aromatic N) is 5. The maximum Gasteiger partial charge on any atom is 0.328 e. The second kappa shape index (κ2) is 6.78. The standard InChI is InChI=1S/C20H23N5O3/c1-4-10-23-13(2)11-24-16-17(21-19(23)24)22(3)20(28)25(18(16)27)12-15(26)14-8-6-5-7-9-14/h5-9,11,16-17H,4,10,12H2,1-3H3. The Morgan fingerprint density at radius 1 is 1.14 bits per heavy atom. The van der Waals surface area contributed by atoms with E-state index in [1.807, 2.05) is 24.1 Å². The Hall–Kier alpha value is -3.16. The number of hydrogen-bond acceptors (Lipinski definition) is 6. The molecule has 0 saturated carbocycles. The third-order valence-corrected chi connectivity index (χ3v) is 5.35. The molecule has 1 aromatic carbocycles.